The van der Waals surface area contributed by atoms with Crippen molar-refractivity contribution in [3.63, 3.8) is 0 Å². The molecule has 2 aliphatic rings. The average molecular weight is 577 g/mol. The van der Waals surface area contributed by atoms with E-state index in [4.69, 9.17) is 4.52 Å². The van der Waals surface area contributed by atoms with Gasteiger partial charge >= 0.3 is 0 Å². The summed E-state index contributed by atoms with van der Waals surface area (Å²) in [5.74, 6) is 0.190. The minimum Gasteiger partial charge on any atom is -0.508 e. The van der Waals surface area contributed by atoms with E-state index in [2.05, 4.69) is 23.3 Å². The lowest BCUT2D eigenvalue weighted by Crippen LogP contribution is -2.42. The van der Waals surface area contributed by atoms with Crippen molar-refractivity contribution in [1.29, 1.82) is 0 Å². The first-order chi connectivity index (χ1) is 19.6. The Kier molecular flexibility index (Phi) is 6.86. The Balaban J connectivity index is 1.31. The summed E-state index contributed by atoms with van der Waals surface area (Å²) in [5, 5.41) is 18.9. The molecule has 0 bridgehead atoms. The second kappa shape index (κ2) is 10.3. The van der Waals surface area contributed by atoms with E-state index in [1.807, 2.05) is 23.0 Å². The van der Waals surface area contributed by atoms with E-state index in [0.717, 1.165) is 36.2 Å². The molecule has 1 saturated carbocycles. The van der Waals surface area contributed by atoms with Crippen molar-refractivity contribution in [2.24, 2.45) is 11.3 Å². The number of phenolic OH excluding ortho intramolecular Hbond substituents is 1. The van der Waals surface area contributed by atoms with Gasteiger partial charge in [-0.1, -0.05) is 35.9 Å². The van der Waals surface area contributed by atoms with Gasteiger partial charge in [0, 0.05) is 13.1 Å². The smallest absolute Gasteiger partial charge is 0.248 e. The number of halogens is 1. The molecule has 1 fully saturated rings. The molecule has 214 valence electrons. The number of phenols is 1. The molecule has 2 atom stereocenters. The Morgan fingerprint density at radius 3 is 2.63 bits per heavy atom. The molecular weight excluding hydrogens is 543 g/mol. The van der Waals surface area contributed by atoms with Gasteiger partial charge in [0.15, 0.2) is 5.76 Å². The van der Waals surface area contributed by atoms with Crippen molar-refractivity contribution in [2.75, 3.05) is 13.1 Å². The molecule has 0 radical (unpaired) electrons. The van der Waals surface area contributed by atoms with Crippen molar-refractivity contribution in [1.82, 2.24) is 19.2 Å². The number of aryl methyl sites for hydroxylation is 2. The van der Waals surface area contributed by atoms with Gasteiger partial charge in [0.1, 0.15) is 22.2 Å². The van der Waals surface area contributed by atoms with E-state index >= 15 is 0 Å². The number of rotatable bonds is 8. The minimum atomic E-state index is -3.92. The van der Waals surface area contributed by atoms with Gasteiger partial charge in [0.05, 0.1) is 17.6 Å². The second-order valence-corrected chi connectivity index (χ2v) is 13.2. The van der Waals surface area contributed by atoms with Crippen LogP contribution in [0.3, 0.4) is 0 Å². The Labute approximate surface area is 239 Å². The maximum Gasteiger partial charge on any atom is 0.248 e. The first-order valence-electron chi connectivity index (χ1n) is 13.8. The number of fused-ring (bicyclic) bond motifs is 2. The number of hydrogen-bond donors (Lipinski definition) is 1. The summed E-state index contributed by atoms with van der Waals surface area (Å²) in [6.45, 7) is 6.02. The number of para-hydroxylation sites is 1. The van der Waals surface area contributed by atoms with Gasteiger partial charge in [-0.25, -0.2) is 17.5 Å². The summed E-state index contributed by atoms with van der Waals surface area (Å²) < 4.78 is 50.3. The highest BCUT2D eigenvalue weighted by molar-refractivity contribution is 7.89. The number of sulfonamides is 1. The first kappa shape index (κ1) is 27.4. The summed E-state index contributed by atoms with van der Waals surface area (Å²) in [5.41, 5.74) is 4.93. The Morgan fingerprint density at radius 2 is 1.93 bits per heavy atom. The number of allylic oxidation sites excluding steroid dienone is 1. The summed E-state index contributed by atoms with van der Waals surface area (Å²) in [4.78, 5) is 0.111. The molecule has 0 aliphatic heterocycles. The van der Waals surface area contributed by atoms with Crippen molar-refractivity contribution in [2.45, 2.75) is 51.3 Å². The van der Waals surface area contributed by atoms with Gasteiger partial charge in [-0.05, 0) is 98.4 Å². The van der Waals surface area contributed by atoms with Crippen molar-refractivity contribution < 1.29 is 22.4 Å². The van der Waals surface area contributed by atoms with Crippen LogP contribution in [0.15, 0.2) is 69.7 Å². The zero-order valence-electron chi connectivity index (χ0n) is 23.3. The van der Waals surface area contributed by atoms with E-state index in [0.29, 0.717) is 24.2 Å². The largest absolute Gasteiger partial charge is 0.508 e. The van der Waals surface area contributed by atoms with Crippen molar-refractivity contribution in [3.8, 4) is 11.4 Å². The van der Waals surface area contributed by atoms with Gasteiger partial charge < -0.3 is 9.63 Å². The van der Waals surface area contributed by atoms with Gasteiger partial charge in [-0.3, -0.25) is 0 Å². The van der Waals surface area contributed by atoms with Crippen LogP contribution in [-0.4, -0.2) is 45.9 Å². The van der Waals surface area contributed by atoms with Crippen LogP contribution in [0.25, 0.3) is 11.8 Å². The molecule has 0 spiro atoms. The maximum absolute atomic E-state index is 14.1. The van der Waals surface area contributed by atoms with Gasteiger partial charge in [-0.15, -0.1) is 0 Å². The summed E-state index contributed by atoms with van der Waals surface area (Å²) in [7, 11) is -3.92. The van der Waals surface area contributed by atoms with Crippen LogP contribution in [0.5, 0.6) is 5.75 Å². The highest BCUT2D eigenvalue weighted by atomic mass is 32.2. The van der Waals surface area contributed by atoms with Crippen LogP contribution in [0.4, 0.5) is 4.39 Å². The van der Waals surface area contributed by atoms with Crippen LogP contribution in [0.2, 0.25) is 0 Å². The average Bonchev–Trinajstić information content (AvgIpc) is 3.60. The van der Waals surface area contributed by atoms with Crippen LogP contribution < -0.4 is 0 Å². The fraction of sp³-hybridized carbons (Fsp3) is 0.355. The standard InChI is InChI=1S/C31H33FN4O4S/c1-20-30(21(2)40-34-20)41(38,39)35(15-14-22-6-4-5-7-29(22)37)19-25-9-8-24-16-28-23(17-31(24,25)3)18-33-36(28)27-12-10-26(32)11-13-27/h4-7,10-13,16,18,25,37H,8-9,14-15,17,19H2,1-3H3/t25-,31+/m1/s1. The van der Waals surface area contributed by atoms with Crippen LogP contribution in [0, 0.1) is 31.0 Å². The zero-order valence-corrected chi connectivity index (χ0v) is 24.2. The molecule has 2 aliphatic carbocycles. The highest BCUT2D eigenvalue weighted by Crippen LogP contribution is 2.53. The molecular formula is C31H33FN4O4S. The number of hydrogen-bond acceptors (Lipinski definition) is 6. The Hall–Kier alpha value is -3.76. The molecule has 0 amide bonds. The van der Waals surface area contributed by atoms with E-state index < -0.39 is 10.0 Å². The third-order valence-corrected chi connectivity index (χ3v) is 10.9. The summed E-state index contributed by atoms with van der Waals surface area (Å²) in [6.07, 6.45) is 6.86. The van der Waals surface area contributed by atoms with Crippen LogP contribution in [-0.2, 0) is 22.9 Å². The monoisotopic (exact) mass is 576 g/mol. The van der Waals surface area contributed by atoms with Gasteiger partial charge in [0.2, 0.25) is 10.0 Å². The van der Waals surface area contributed by atoms with Crippen molar-refractivity contribution >= 4 is 16.1 Å². The normalized spacial score (nSPS) is 20.2. The highest BCUT2D eigenvalue weighted by Gasteiger charge is 2.47. The predicted octanol–water partition coefficient (Wildman–Crippen LogP) is 5.61. The van der Waals surface area contributed by atoms with E-state index in [1.165, 1.54) is 17.7 Å². The summed E-state index contributed by atoms with van der Waals surface area (Å²) in [6, 6.07) is 13.3. The maximum atomic E-state index is 14.1. The Bertz CT molecular complexity index is 1720. The quantitative estimate of drug-likeness (QED) is 0.293. The lowest BCUT2D eigenvalue weighted by atomic mass is 9.70. The summed E-state index contributed by atoms with van der Waals surface area (Å²) >= 11 is 0. The second-order valence-electron chi connectivity index (χ2n) is 11.3. The molecule has 10 heteroatoms. The molecule has 1 N–H and O–H groups in total. The fourth-order valence-corrected chi connectivity index (χ4v) is 8.29. The number of aromatic nitrogens is 3. The Morgan fingerprint density at radius 1 is 1.17 bits per heavy atom. The third-order valence-electron chi connectivity index (χ3n) is 8.83. The van der Waals surface area contributed by atoms with Crippen LogP contribution >= 0.6 is 0 Å². The van der Waals surface area contributed by atoms with E-state index in [9.17, 15) is 17.9 Å². The fourth-order valence-electron chi connectivity index (χ4n) is 6.51. The lowest BCUT2D eigenvalue weighted by Gasteiger charge is -2.38. The predicted molar refractivity (Wildman–Crippen MR) is 153 cm³/mol. The van der Waals surface area contributed by atoms with E-state index in [-0.39, 0.29) is 40.1 Å². The molecule has 6 rings (SSSR count). The topological polar surface area (TPSA) is 101 Å². The first-order valence-corrected chi connectivity index (χ1v) is 15.3. The molecule has 4 aromatic rings. The molecule has 0 unspecified atom stereocenters. The van der Waals surface area contributed by atoms with Crippen molar-refractivity contribution in [3.05, 3.63) is 94.4 Å². The molecule has 2 heterocycles. The number of aromatic hydroxyl groups is 1. The lowest BCUT2D eigenvalue weighted by molar-refractivity contribution is 0.221. The SMILES string of the molecule is Cc1noc(C)c1S(=O)(=O)N(CCc1ccccc1O)C[C@H]1CCC2=Cc3c(cnn3-c3ccc(F)cc3)C[C@@]21C. The molecule has 0 saturated heterocycles. The van der Waals surface area contributed by atoms with Crippen LogP contribution in [0.1, 0.15) is 48.0 Å². The third kappa shape index (κ3) is 4.78. The van der Waals surface area contributed by atoms with E-state index in [1.54, 1.807) is 42.4 Å². The number of benzene rings is 2. The molecule has 8 nitrogen and oxygen atoms in total. The number of nitrogens with zero attached hydrogens (tertiary/aromatic N) is 4. The van der Waals surface area contributed by atoms with Gasteiger partial charge in [-0.2, -0.15) is 9.40 Å². The minimum absolute atomic E-state index is 0.0655. The zero-order chi connectivity index (χ0) is 28.9. The molecule has 2 aromatic carbocycles. The van der Waals surface area contributed by atoms with Gasteiger partial charge in [0.25, 0.3) is 0 Å². The molecule has 2 aromatic heterocycles. The molecule has 41 heavy (non-hydrogen) atoms.